The van der Waals surface area contributed by atoms with Gasteiger partial charge in [-0.25, -0.2) is 9.97 Å². The van der Waals surface area contributed by atoms with Gasteiger partial charge in [-0.1, -0.05) is 38.6 Å². The van der Waals surface area contributed by atoms with Crippen molar-refractivity contribution < 1.29 is 23.4 Å². The summed E-state index contributed by atoms with van der Waals surface area (Å²) < 4.78 is 22.2. The summed E-state index contributed by atoms with van der Waals surface area (Å²) in [5.74, 6) is 3.58. The van der Waals surface area contributed by atoms with Crippen LogP contribution in [0, 0.1) is 0 Å². The number of carbonyl (C=O) groups excluding carboxylic acids is 1. The van der Waals surface area contributed by atoms with Gasteiger partial charge in [0, 0.05) is 38.2 Å². The van der Waals surface area contributed by atoms with Crippen LogP contribution in [0.5, 0.6) is 11.5 Å². The second kappa shape index (κ2) is 13.4. The summed E-state index contributed by atoms with van der Waals surface area (Å²) in [6.07, 6.45) is 2.92. The van der Waals surface area contributed by atoms with E-state index in [1.165, 1.54) is 11.8 Å². The summed E-state index contributed by atoms with van der Waals surface area (Å²) in [6, 6.07) is 11.6. The number of hydrogen-bond donors (Lipinski definition) is 1. The lowest BCUT2D eigenvalue weighted by Crippen LogP contribution is -2.31. The Morgan fingerprint density at radius 1 is 1.12 bits per heavy atom. The van der Waals surface area contributed by atoms with Gasteiger partial charge in [0.15, 0.2) is 22.4 Å². The first kappa shape index (κ1) is 29.7. The summed E-state index contributed by atoms with van der Waals surface area (Å²) in [6.45, 7) is 8.46. The smallest absolute Gasteiger partial charge is 0.287 e. The van der Waals surface area contributed by atoms with Crippen LogP contribution in [-0.2, 0) is 22.3 Å². The quantitative estimate of drug-likeness (QED) is 0.232. The molecule has 40 heavy (non-hydrogen) atoms. The standard InChI is InChI=1S/C30H40N4O5S/c1-30(2,3)26-17-27(34(4)14-13-20-9-11-23(36-5)25(16-20)37-6)33-29(32-26)40-19-22-10-12-24(39-22)28(35)31-18-21-8-7-15-38-21/h9-12,16-17,21H,7-8,13-15,18-19H2,1-6H3,(H,31,35)/t21-/m0/s1. The van der Waals surface area contributed by atoms with E-state index in [4.69, 9.17) is 28.6 Å². The highest BCUT2D eigenvalue weighted by atomic mass is 32.2. The third-order valence-corrected chi connectivity index (χ3v) is 7.65. The van der Waals surface area contributed by atoms with Gasteiger partial charge in [-0.15, -0.1) is 0 Å². The lowest BCUT2D eigenvalue weighted by atomic mass is 9.92. The van der Waals surface area contributed by atoms with Crippen LogP contribution in [0.2, 0.25) is 0 Å². The van der Waals surface area contributed by atoms with E-state index in [0.717, 1.165) is 61.0 Å². The molecule has 1 atom stereocenters. The van der Waals surface area contributed by atoms with E-state index in [2.05, 4.69) is 43.1 Å². The van der Waals surface area contributed by atoms with Crippen LogP contribution in [0.3, 0.4) is 0 Å². The molecule has 9 nitrogen and oxygen atoms in total. The number of thioether (sulfide) groups is 1. The van der Waals surface area contributed by atoms with Crippen LogP contribution >= 0.6 is 11.8 Å². The summed E-state index contributed by atoms with van der Waals surface area (Å²) in [7, 11) is 5.32. The van der Waals surface area contributed by atoms with Crippen molar-refractivity contribution in [1.29, 1.82) is 0 Å². The van der Waals surface area contributed by atoms with Crippen molar-refractivity contribution in [2.45, 2.75) is 62.5 Å². The van der Waals surface area contributed by atoms with Crippen molar-refractivity contribution in [3.05, 3.63) is 59.2 Å². The molecular formula is C30H40N4O5S. The summed E-state index contributed by atoms with van der Waals surface area (Å²) >= 11 is 1.49. The van der Waals surface area contributed by atoms with Crippen molar-refractivity contribution >= 4 is 23.5 Å². The van der Waals surface area contributed by atoms with Crippen molar-refractivity contribution in [2.24, 2.45) is 0 Å². The lowest BCUT2D eigenvalue weighted by Gasteiger charge is -2.23. The monoisotopic (exact) mass is 568 g/mol. The molecule has 0 radical (unpaired) electrons. The maximum Gasteiger partial charge on any atom is 0.287 e. The molecule has 1 aliphatic heterocycles. The van der Waals surface area contributed by atoms with E-state index in [1.54, 1.807) is 20.3 Å². The Balaban J connectivity index is 1.40. The van der Waals surface area contributed by atoms with Gasteiger partial charge in [0.1, 0.15) is 11.6 Å². The normalized spacial score (nSPS) is 15.2. The first-order chi connectivity index (χ1) is 19.2. The summed E-state index contributed by atoms with van der Waals surface area (Å²) in [4.78, 5) is 24.3. The molecule has 0 spiro atoms. The molecule has 3 aromatic rings. The molecule has 0 unspecified atom stereocenters. The minimum absolute atomic E-state index is 0.0903. The minimum atomic E-state index is -0.226. The summed E-state index contributed by atoms with van der Waals surface area (Å²) in [5.41, 5.74) is 1.97. The van der Waals surface area contributed by atoms with Gasteiger partial charge in [0.05, 0.1) is 31.8 Å². The molecule has 0 saturated carbocycles. The number of nitrogens with zero attached hydrogens (tertiary/aromatic N) is 3. The van der Waals surface area contributed by atoms with Crippen LogP contribution in [-0.4, -0.2) is 62.9 Å². The molecule has 0 aliphatic carbocycles. The number of likely N-dealkylation sites (N-methyl/N-ethyl adjacent to an activating group) is 1. The number of furan rings is 1. The van der Waals surface area contributed by atoms with E-state index in [9.17, 15) is 4.79 Å². The SMILES string of the molecule is COc1ccc(CCN(C)c2cc(C(C)(C)C)nc(SCc3ccc(C(=O)NC[C@@H]4CCCO4)o3)n2)cc1OC. The number of amides is 1. The molecule has 1 amide bonds. The molecule has 4 rings (SSSR count). The average Bonchev–Trinajstić information content (AvgIpc) is 3.65. The van der Waals surface area contributed by atoms with Crippen molar-refractivity contribution in [3.8, 4) is 11.5 Å². The fraction of sp³-hybridized carbons (Fsp3) is 0.500. The molecule has 2 aromatic heterocycles. The van der Waals surface area contributed by atoms with Crippen LogP contribution < -0.4 is 19.7 Å². The number of aromatic nitrogens is 2. The van der Waals surface area contributed by atoms with Crippen molar-refractivity contribution in [1.82, 2.24) is 15.3 Å². The number of nitrogens with one attached hydrogen (secondary N) is 1. The highest BCUT2D eigenvalue weighted by molar-refractivity contribution is 7.98. The van der Waals surface area contributed by atoms with E-state index in [0.29, 0.717) is 29.0 Å². The van der Waals surface area contributed by atoms with Gasteiger partial charge in [-0.2, -0.15) is 0 Å². The number of carbonyl (C=O) groups is 1. The second-order valence-corrected chi connectivity index (χ2v) is 11.8. The third kappa shape index (κ3) is 7.91. The number of rotatable bonds is 12. The van der Waals surface area contributed by atoms with E-state index in [-0.39, 0.29) is 17.4 Å². The minimum Gasteiger partial charge on any atom is -0.493 e. The predicted molar refractivity (Wildman–Crippen MR) is 157 cm³/mol. The Hall–Kier alpha value is -3.24. The second-order valence-electron chi connectivity index (χ2n) is 10.9. The maximum absolute atomic E-state index is 12.5. The maximum atomic E-state index is 12.5. The largest absolute Gasteiger partial charge is 0.493 e. The highest BCUT2D eigenvalue weighted by Gasteiger charge is 2.21. The van der Waals surface area contributed by atoms with Gasteiger partial charge < -0.3 is 28.8 Å². The number of ether oxygens (including phenoxy) is 3. The Morgan fingerprint density at radius 2 is 1.93 bits per heavy atom. The zero-order valence-corrected chi connectivity index (χ0v) is 25.1. The van der Waals surface area contributed by atoms with Gasteiger partial charge in [0.2, 0.25) is 0 Å². The Kier molecular flexibility index (Phi) is 9.97. The van der Waals surface area contributed by atoms with E-state index in [1.807, 2.05) is 25.2 Å². The van der Waals surface area contributed by atoms with Gasteiger partial charge in [-0.05, 0) is 49.1 Å². The Labute approximate surface area is 241 Å². The topological polar surface area (TPSA) is 99.0 Å². The van der Waals surface area contributed by atoms with Crippen LogP contribution in [0.4, 0.5) is 5.82 Å². The molecule has 1 fully saturated rings. The first-order valence-electron chi connectivity index (χ1n) is 13.6. The molecule has 216 valence electrons. The fourth-order valence-electron chi connectivity index (χ4n) is 4.32. The lowest BCUT2D eigenvalue weighted by molar-refractivity contribution is 0.0834. The van der Waals surface area contributed by atoms with Gasteiger partial charge in [-0.3, -0.25) is 4.79 Å². The molecule has 1 aliphatic rings. The number of hydrogen-bond acceptors (Lipinski definition) is 9. The third-order valence-electron chi connectivity index (χ3n) is 6.78. The van der Waals surface area contributed by atoms with Crippen LogP contribution in [0.25, 0.3) is 0 Å². The Morgan fingerprint density at radius 3 is 2.62 bits per heavy atom. The van der Waals surface area contributed by atoms with Gasteiger partial charge in [0.25, 0.3) is 5.91 Å². The number of benzene rings is 1. The molecule has 0 bridgehead atoms. The van der Waals surface area contributed by atoms with Crippen LogP contribution in [0.1, 0.15) is 61.2 Å². The molecule has 3 heterocycles. The molecular weight excluding hydrogens is 528 g/mol. The average molecular weight is 569 g/mol. The Bertz CT molecular complexity index is 1280. The number of anilines is 1. The molecule has 1 aromatic carbocycles. The van der Waals surface area contributed by atoms with Gasteiger partial charge >= 0.3 is 0 Å². The zero-order valence-electron chi connectivity index (χ0n) is 24.3. The van der Waals surface area contributed by atoms with Crippen molar-refractivity contribution in [2.75, 3.05) is 45.9 Å². The fourth-order valence-corrected chi connectivity index (χ4v) is 5.06. The van der Waals surface area contributed by atoms with E-state index < -0.39 is 0 Å². The predicted octanol–water partition coefficient (Wildman–Crippen LogP) is 5.26. The van der Waals surface area contributed by atoms with Crippen LogP contribution in [0.15, 0.2) is 46.0 Å². The number of methoxy groups -OCH3 is 2. The van der Waals surface area contributed by atoms with Crippen molar-refractivity contribution in [3.63, 3.8) is 0 Å². The first-order valence-corrected chi connectivity index (χ1v) is 14.6. The molecule has 1 N–H and O–H groups in total. The highest BCUT2D eigenvalue weighted by Crippen LogP contribution is 2.30. The molecule has 1 saturated heterocycles. The summed E-state index contributed by atoms with van der Waals surface area (Å²) in [5, 5.41) is 3.57. The molecule has 10 heteroatoms. The zero-order chi connectivity index (χ0) is 28.7. The van der Waals surface area contributed by atoms with E-state index >= 15 is 0 Å².